The quantitative estimate of drug-likeness (QED) is 0.889. The Morgan fingerprint density at radius 2 is 2.05 bits per heavy atom. The van der Waals surface area contributed by atoms with E-state index in [-0.39, 0.29) is 4.87 Å². The van der Waals surface area contributed by atoms with Crippen molar-refractivity contribution in [2.45, 2.75) is 13.1 Å². The summed E-state index contributed by atoms with van der Waals surface area (Å²) in [5, 5.41) is 5.11. The van der Waals surface area contributed by atoms with Crippen LogP contribution < -0.4 is 19.7 Å². The zero-order valence-corrected chi connectivity index (χ0v) is 11.1. The maximum absolute atomic E-state index is 11.0. The lowest BCUT2D eigenvalue weighted by Gasteiger charge is -2.18. The second-order valence-electron chi connectivity index (χ2n) is 4.25. The number of rotatable bonds is 4. The molecule has 2 aromatic rings. The van der Waals surface area contributed by atoms with E-state index < -0.39 is 0 Å². The molecule has 3 rings (SSSR count). The van der Waals surface area contributed by atoms with Crippen LogP contribution in [0.15, 0.2) is 28.4 Å². The Balaban J connectivity index is 1.59. The van der Waals surface area contributed by atoms with E-state index in [0.29, 0.717) is 26.3 Å². The molecule has 2 heterocycles. The van der Waals surface area contributed by atoms with Crippen molar-refractivity contribution in [1.29, 1.82) is 0 Å². The molecule has 0 amide bonds. The lowest BCUT2D eigenvalue weighted by atomic mass is 10.2. The van der Waals surface area contributed by atoms with Crippen LogP contribution in [0.2, 0.25) is 0 Å². The fraction of sp³-hybridized carbons (Fsp3) is 0.308. The number of aromatic amines is 1. The number of fused-ring (bicyclic) bond motifs is 1. The van der Waals surface area contributed by atoms with Crippen LogP contribution in [0.5, 0.6) is 11.5 Å². The molecular formula is C13H14N2O3S. The summed E-state index contributed by atoms with van der Waals surface area (Å²) in [5.41, 5.74) is 2.04. The first-order valence-corrected chi connectivity index (χ1v) is 6.95. The van der Waals surface area contributed by atoms with Gasteiger partial charge in [0.15, 0.2) is 11.5 Å². The molecule has 1 aliphatic rings. The molecule has 0 bridgehead atoms. The van der Waals surface area contributed by atoms with Gasteiger partial charge in [-0.1, -0.05) is 17.4 Å². The Morgan fingerprint density at radius 3 is 2.84 bits per heavy atom. The van der Waals surface area contributed by atoms with Gasteiger partial charge in [-0.25, -0.2) is 0 Å². The topological polar surface area (TPSA) is 63.4 Å². The molecule has 0 saturated carbocycles. The Morgan fingerprint density at radius 1 is 1.21 bits per heavy atom. The molecule has 100 valence electrons. The van der Waals surface area contributed by atoms with Crippen molar-refractivity contribution in [3.05, 3.63) is 44.5 Å². The van der Waals surface area contributed by atoms with Gasteiger partial charge in [0.05, 0.1) is 0 Å². The molecule has 0 aliphatic carbocycles. The first-order valence-electron chi connectivity index (χ1n) is 6.07. The smallest absolute Gasteiger partial charge is 0.304 e. The summed E-state index contributed by atoms with van der Waals surface area (Å²) in [5.74, 6) is 1.60. The van der Waals surface area contributed by atoms with Crippen LogP contribution in [0, 0.1) is 0 Å². The van der Waals surface area contributed by atoms with Gasteiger partial charge in [-0.2, -0.15) is 0 Å². The average Bonchev–Trinajstić information content (AvgIpc) is 2.84. The van der Waals surface area contributed by atoms with Crippen molar-refractivity contribution in [1.82, 2.24) is 10.3 Å². The minimum atomic E-state index is -0.0175. The van der Waals surface area contributed by atoms with Crippen LogP contribution >= 0.6 is 11.3 Å². The summed E-state index contributed by atoms with van der Waals surface area (Å²) >= 11 is 1.18. The van der Waals surface area contributed by atoms with E-state index in [9.17, 15) is 4.79 Å². The Hall–Kier alpha value is -1.79. The lowest BCUT2D eigenvalue weighted by Crippen LogP contribution is -2.17. The number of hydrogen-bond donors (Lipinski definition) is 2. The van der Waals surface area contributed by atoms with Gasteiger partial charge in [0.1, 0.15) is 13.2 Å². The highest BCUT2D eigenvalue weighted by atomic mass is 32.1. The molecular weight excluding hydrogens is 264 g/mol. The largest absolute Gasteiger partial charge is 0.486 e. The van der Waals surface area contributed by atoms with Gasteiger partial charge in [-0.05, 0) is 17.7 Å². The molecule has 1 aliphatic heterocycles. The number of ether oxygens (including phenoxy) is 2. The summed E-state index contributed by atoms with van der Waals surface area (Å²) in [6.45, 7) is 2.57. The number of benzene rings is 1. The Bertz CT molecular complexity index is 620. The van der Waals surface area contributed by atoms with E-state index in [1.54, 1.807) is 0 Å². The average molecular weight is 278 g/mol. The van der Waals surface area contributed by atoms with Crippen LogP contribution in [-0.4, -0.2) is 18.2 Å². The predicted molar refractivity (Wildman–Crippen MR) is 72.9 cm³/mol. The van der Waals surface area contributed by atoms with E-state index in [0.717, 1.165) is 22.8 Å². The minimum absolute atomic E-state index is 0.0175. The first kappa shape index (κ1) is 12.3. The SMILES string of the molecule is O=c1[nH]c(CNCc2ccc3c(c2)OCCO3)cs1. The summed E-state index contributed by atoms with van der Waals surface area (Å²) < 4.78 is 11.0. The second-order valence-corrected chi connectivity index (χ2v) is 5.10. The molecule has 0 unspecified atom stereocenters. The Labute approximate surface area is 114 Å². The third-order valence-electron chi connectivity index (χ3n) is 2.82. The van der Waals surface area contributed by atoms with Crippen molar-refractivity contribution >= 4 is 11.3 Å². The number of nitrogens with one attached hydrogen (secondary N) is 2. The van der Waals surface area contributed by atoms with Crippen molar-refractivity contribution in [2.24, 2.45) is 0 Å². The molecule has 0 fully saturated rings. The third-order valence-corrected chi connectivity index (χ3v) is 3.54. The zero-order valence-electron chi connectivity index (χ0n) is 10.3. The van der Waals surface area contributed by atoms with Gasteiger partial charge in [-0.3, -0.25) is 4.79 Å². The summed E-state index contributed by atoms with van der Waals surface area (Å²) in [4.78, 5) is 13.7. The van der Waals surface area contributed by atoms with E-state index in [4.69, 9.17) is 9.47 Å². The third kappa shape index (κ3) is 2.97. The standard InChI is InChI=1S/C13H14N2O3S/c16-13-15-10(8-19-13)7-14-6-9-1-2-11-12(5-9)18-4-3-17-11/h1-2,5,8,14H,3-4,6-7H2,(H,15,16). The van der Waals surface area contributed by atoms with Gasteiger partial charge in [0, 0.05) is 24.2 Å². The normalized spacial score (nSPS) is 13.5. The predicted octanol–water partition coefficient (Wildman–Crippen LogP) is 1.50. The van der Waals surface area contributed by atoms with Gasteiger partial charge in [0.25, 0.3) is 0 Å². The molecule has 6 heteroatoms. The number of thiazole rings is 1. The summed E-state index contributed by atoms with van der Waals surface area (Å²) in [7, 11) is 0. The maximum Gasteiger partial charge on any atom is 0.304 e. The molecule has 5 nitrogen and oxygen atoms in total. The van der Waals surface area contributed by atoms with Crippen molar-refractivity contribution < 1.29 is 9.47 Å². The highest BCUT2D eigenvalue weighted by molar-refractivity contribution is 7.07. The van der Waals surface area contributed by atoms with E-state index in [2.05, 4.69) is 10.3 Å². The van der Waals surface area contributed by atoms with Crippen LogP contribution in [0.1, 0.15) is 11.3 Å². The highest BCUT2D eigenvalue weighted by Crippen LogP contribution is 2.30. The fourth-order valence-corrected chi connectivity index (χ4v) is 2.52. The van der Waals surface area contributed by atoms with Crippen LogP contribution in [-0.2, 0) is 13.1 Å². The van der Waals surface area contributed by atoms with E-state index >= 15 is 0 Å². The summed E-state index contributed by atoms with van der Waals surface area (Å²) in [6, 6.07) is 5.92. The van der Waals surface area contributed by atoms with Crippen LogP contribution in [0.4, 0.5) is 0 Å². The first-order chi connectivity index (χ1) is 9.31. The van der Waals surface area contributed by atoms with Crippen molar-refractivity contribution in [2.75, 3.05) is 13.2 Å². The lowest BCUT2D eigenvalue weighted by molar-refractivity contribution is 0.171. The number of H-pyrrole nitrogens is 1. The maximum atomic E-state index is 11.0. The molecule has 2 N–H and O–H groups in total. The molecule has 1 aromatic carbocycles. The molecule has 0 spiro atoms. The highest BCUT2D eigenvalue weighted by Gasteiger charge is 2.11. The van der Waals surface area contributed by atoms with Crippen LogP contribution in [0.3, 0.4) is 0 Å². The molecule has 0 atom stereocenters. The summed E-state index contributed by atoms with van der Waals surface area (Å²) in [6.07, 6.45) is 0. The number of aromatic nitrogens is 1. The molecule has 0 saturated heterocycles. The van der Waals surface area contributed by atoms with Gasteiger partial charge in [0.2, 0.25) is 0 Å². The molecule has 19 heavy (non-hydrogen) atoms. The van der Waals surface area contributed by atoms with Crippen molar-refractivity contribution in [3.8, 4) is 11.5 Å². The second kappa shape index (κ2) is 5.46. The van der Waals surface area contributed by atoms with E-state index in [1.165, 1.54) is 11.3 Å². The Kier molecular flexibility index (Phi) is 3.52. The van der Waals surface area contributed by atoms with Gasteiger partial charge >= 0.3 is 4.87 Å². The van der Waals surface area contributed by atoms with Gasteiger partial charge in [-0.15, -0.1) is 0 Å². The van der Waals surface area contributed by atoms with Crippen molar-refractivity contribution in [3.63, 3.8) is 0 Å². The van der Waals surface area contributed by atoms with Gasteiger partial charge < -0.3 is 19.8 Å². The molecule has 0 radical (unpaired) electrons. The fourth-order valence-electron chi connectivity index (χ4n) is 1.94. The van der Waals surface area contributed by atoms with Crippen LogP contribution in [0.25, 0.3) is 0 Å². The molecule has 1 aromatic heterocycles. The number of hydrogen-bond acceptors (Lipinski definition) is 5. The van der Waals surface area contributed by atoms with E-state index in [1.807, 2.05) is 23.6 Å². The zero-order chi connectivity index (χ0) is 13.1. The minimum Gasteiger partial charge on any atom is -0.486 e. The monoisotopic (exact) mass is 278 g/mol.